The number of primary amides is 1. The van der Waals surface area contributed by atoms with Gasteiger partial charge < -0.3 is 5.73 Å². The van der Waals surface area contributed by atoms with E-state index in [2.05, 4.69) is 15.1 Å². The van der Waals surface area contributed by atoms with Crippen molar-refractivity contribution in [3.63, 3.8) is 0 Å². The number of hydrogen-bond acceptors (Lipinski definition) is 4. The van der Waals surface area contributed by atoms with Crippen LogP contribution in [-0.4, -0.2) is 26.6 Å². The number of allylic oxidation sites excluding steroid dienone is 2. The van der Waals surface area contributed by atoms with Crippen LogP contribution in [0.5, 0.6) is 0 Å². The standard InChI is InChI=1S/C22H20F7N5O/c1-4-12(2)5-15(9-31-13(3)23)18(19(30)35)10-34-11-32-20(33-34)14-6-16(21(24,25)26)8-17(7-14)22(27,28)29/h5-11H,4H2,1-3H3,(H2,30,35)/b12-5+,15-9+,18-10+,31-13?. The van der Waals surface area contributed by atoms with Crippen molar-refractivity contribution in [1.82, 2.24) is 14.8 Å². The van der Waals surface area contributed by atoms with Crippen LogP contribution in [0.1, 0.15) is 38.3 Å². The van der Waals surface area contributed by atoms with E-state index in [0.29, 0.717) is 18.6 Å². The molecule has 1 heterocycles. The predicted molar refractivity (Wildman–Crippen MR) is 115 cm³/mol. The number of hydrogen-bond donors (Lipinski definition) is 1. The molecule has 13 heteroatoms. The molecule has 0 spiro atoms. The smallest absolute Gasteiger partial charge is 0.366 e. The van der Waals surface area contributed by atoms with Crippen molar-refractivity contribution in [2.45, 2.75) is 39.5 Å². The van der Waals surface area contributed by atoms with Crippen LogP contribution in [0.2, 0.25) is 0 Å². The lowest BCUT2D eigenvalue weighted by Gasteiger charge is -2.13. The van der Waals surface area contributed by atoms with E-state index in [-0.39, 0.29) is 17.2 Å². The first kappa shape index (κ1) is 27.5. The van der Waals surface area contributed by atoms with Gasteiger partial charge in [-0.25, -0.2) is 14.7 Å². The highest BCUT2D eigenvalue weighted by atomic mass is 19.4. The van der Waals surface area contributed by atoms with Gasteiger partial charge in [0.2, 0.25) is 0 Å². The quantitative estimate of drug-likeness (QED) is 0.220. The Labute approximate surface area is 195 Å². The van der Waals surface area contributed by atoms with Crippen molar-refractivity contribution >= 4 is 18.1 Å². The molecule has 2 rings (SSSR count). The van der Waals surface area contributed by atoms with Crippen molar-refractivity contribution < 1.29 is 35.5 Å². The fourth-order valence-electron chi connectivity index (χ4n) is 2.68. The Bertz CT molecular complexity index is 1180. The molecule has 0 saturated carbocycles. The van der Waals surface area contributed by atoms with Crippen molar-refractivity contribution in [2.75, 3.05) is 0 Å². The third-order valence-corrected chi connectivity index (χ3v) is 4.53. The van der Waals surface area contributed by atoms with Gasteiger partial charge in [0, 0.05) is 30.5 Å². The number of aromatic nitrogens is 3. The summed E-state index contributed by atoms with van der Waals surface area (Å²) in [6, 6.07) is 0.939. The minimum Gasteiger partial charge on any atom is -0.366 e. The van der Waals surface area contributed by atoms with Crippen LogP contribution in [0.3, 0.4) is 0 Å². The number of carbonyl (C=O) groups excluding carboxylic acids is 1. The molecule has 188 valence electrons. The minimum atomic E-state index is -5.05. The molecule has 35 heavy (non-hydrogen) atoms. The van der Waals surface area contributed by atoms with E-state index in [9.17, 15) is 35.5 Å². The van der Waals surface area contributed by atoms with Gasteiger partial charge >= 0.3 is 12.4 Å². The maximum Gasteiger partial charge on any atom is 0.416 e. The monoisotopic (exact) mass is 503 g/mol. The summed E-state index contributed by atoms with van der Waals surface area (Å²) in [4.78, 5) is 19.3. The zero-order valence-electron chi connectivity index (χ0n) is 18.7. The van der Waals surface area contributed by atoms with Gasteiger partial charge in [-0.05, 0) is 31.5 Å². The number of carbonyl (C=O) groups is 1. The maximum absolute atomic E-state index is 13.2. The predicted octanol–water partition coefficient (Wildman–Crippen LogP) is 5.94. The molecule has 0 unspecified atom stereocenters. The van der Waals surface area contributed by atoms with Crippen LogP contribution >= 0.6 is 0 Å². The average Bonchev–Trinajstić information content (AvgIpc) is 3.22. The molecule has 0 aliphatic heterocycles. The normalized spacial score (nSPS) is 14.5. The molecule has 2 N–H and O–H groups in total. The molecule has 0 atom stereocenters. The number of alkyl halides is 6. The Morgan fingerprint density at radius 3 is 2.11 bits per heavy atom. The van der Waals surface area contributed by atoms with E-state index in [1.54, 1.807) is 6.92 Å². The van der Waals surface area contributed by atoms with E-state index in [0.717, 1.165) is 35.9 Å². The van der Waals surface area contributed by atoms with E-state index in [1.807, 2.05) is 6.92 Å². The molecule has 0 radical (unpaired) electrons. The summed E-state index contributed by atoms with van der Waals surface area (Å²) < 4.78 is 92.9. The van der Waals surface area contributed by atoms with Crippen LogP contribution in [0, 0.1) is 0 Å². The zero-order chi connectivity index (χ0) is 26.6. The van der Waals surface area contributed by atoms with Gasteiger partial charge in [-0.3, -0.25) is 4.79 Å². The van der Waals surface area contributed by atoms with Gasteiger partial charge in [-0.15, -0.1) is 5.10 Å². The largest absolute Gasteiger partial charge is 0.416 e. The summed E-state index contributed by atoms with van der Waals surface area (Å²) in [5, 5.41) is 3.85. The second kappa shape index (κ2) is 10.7. The van der Waals surface area contributed by atoms with Crippen LogP contribution in [0.15, 0.2) is 58.5 Å². The first-order valence-electron chi connectivity index (χ1n) is 9.92. The average molecular weight is 503 g/mol. The summed E-state index contributed by atoms with van der Waals surface area (Å²) in [7, 11) is 0. The lowest BCUT2D eigenvalue weighted by molar-refractivity contribution is -0.143. The molecule has 0 aliphatic rings. The number of halogens is 7. The number of aliphatic imine (C=N–C) groups is 1. The molecular formula is C22H20F7N5O. The third kappa shape index (κ3) is 7.62. The second-order valence-electron chi connectivity index (χ2n) is 7.30. The highest BCUT2D eigenvalue weighted by molar-refractivity contribution is 6.00. The molecule has 1 aromatic heterocycles. The summed E-state index contributed by atoms with van der Waals surface area (Å²) in [6.07, 6.45) is -4.94. The van der Waals surface area contributed by atoms with E-state index >= 15 is 0 Å². The van der Waals surface area contributed by atoms with Gasteiger partial charge in [0.1, 0.15) is 6.33 Å². The zero-order valence-corrected chi connectivity index (χ0v) is 18.7. The second-order valence-corrected chi connectivity index (χ2v) is 7.30. The summed E-state index contributed by atoms with van der Waals surface area (Å²) >= 11 is 0. The lowest BCUT2D eigenvalue weighted by Crippen LogP contribution is -2.16. The fourth-order valence-corrected chi connectivity index (χ4v) is 2.68. The topological polar surface area (TPSA) is 86.2 Å². The van der Waals surface area contributed by atoms with Gasteiger partial charge in [0.05, 0.1) is 16.7 Å². The van der Waals surface area contributed by atoms with E-state index in [4.69, 9.17) is 5.73 Å². The lowest BCUT2D eigenvalue weighted by atomic mass is 10.0. The van der Waals surface area contributed by atoms with Gasteiger partial charge in [-0.2, -0.15) is 30.7 Å². The van der Waals surface area contributed by atoms with Crippen LogP contribution in [0.4, 0.5) is 30.7 Å². The minimum absolute atomic E-state index is 0.0154. The Hall–Kier alpha value is -3.77. The molecule has 2 aromatic rings. The summed E-state index contributed by atoms with van der Waals surface area (Å²) in [6.45, 7) is 4.64. The number of nitrogens with zero attached hydrogens (tertiary/aromatic N) is 4. The van der Waals surface area contributed by atoms with Crippen molar-refractivity contribution in [1.29, 1.82) is 0 Å². The third-order valence-electron chi connectivity index (χ3n) is 4.53. The number of rotatable bonds is 7. The van der Waals surface area contributed by atoms with Gasteiger partial charge in [0.15, 0.2) is 11.8 Å². The maximum atomic E-state index is 13.2. The first-order valence-corrected chi connectivity index (χ1v) is 9.92. The molecule has 0 aliphatic carbocycles. The SMILES string of the molecule is CC/C(C)=C/C(=C\N=C(C)F)C(=C\n1cnc(-c2cc(C(F)(F)F)cc(C(F)(F)F)c2)n1)/C(N)=O. The molecule has 0 fully saturated rings. The molecule has 0 bridgehead atoms. The number of nitrogens with two attached hydrogens (primary N) is 1. The highest BCUT2D eigenvalue weighted by Crippen LogP contribution is 2.38. The molecule has 0 saturated heterocycles. The molecule has 1 aromatic carbocycles. The number of amides is 1. The van der Waals surface area contributed by atoms with Crippen molar-refractivity contribution in [3.8, 4) is 11.4 Å². The van der Waals surface area contributed by atoms with Gasteiger partial charge in [0.25, 0.3) is 5.91 Å². The number of benzene rings is 1. The Kier molecular flexibility index (Phi) is 8.37. The Morgan fingerprint density at radius 2 is 1.66 bits per heavy atom. The molecule has 6 nitrogen and oxygen atoms in total. The van der Waals surface area contributed by atoms with Crippen molar-refractivity contribution in [3.05, 3.63) is 64.6 Å². The van der Waals surface area contributed by atoms with E-state index < -0.39 is 46.7 Å². The fraction of sp³-hybridized carbons (Fsp3) is 0.273. The highest BCUT2D eigenvalue weighted by Gasteiger charge is 2.37. The van der Waals surface area contributed by atoms with Gasteiger partial charge in [-0.1, -0.05) is 18.6 Å². The van der Waals surface area contributed by atoms with Crippen LogP contribution < -0.4 is 5.73 Å². The van der Waals surface area contributed by atoms with Crippen LogP contribution in [-0.2, 0) is 17.1 Å². The Morgan fingerprint density at radius 1 is 1.09 bits per heavy atom. The van der Waals surface area contributed by atoms with E-state index in [1.165, 1.54) is 6.08 Å². The first-order chi connectivity index (χ1) is 16.1. The Balaban J connectivity index is 2.63. The molecular weight excluding hydrogens is 483 g/mol. The summed E-state index contributed by atoms with van der Waals surface area (Å²) in [5.74, 6) is -2.24. The van der Waals surface area contributed by atoms with Crippen LogP contribution in [0.25, 0.3) is 17.6 Å². The van der Waals surface area contributed by atoms with Crippen molar-refractivity contribution in [2.24, 2.45) is 10.7 Å². The summed E-state index contributed by atoms with van der Waals surface area (Å²) in [5.41, 5.74) is 2.49. The molecule has 1 amide bonds.